The van der Waals surface area contributed by atoms with Crippen molar-refractivity contribution in [2.24, 2.45) is 0 Å². The number of hydrogen-bond acceptors (Lipinski definition) is 1. The van der Waals surface area contributed by atoms with Crippen LogP contribution in [-0.2, 0) is 4.79 Å². The van der Waals surface area contributed by atoms with Crippen LogP contribution in [0.3, 0.4) is 0 Å². The maximum atomic E-state index is 12.9. The van der Waals surface area contributed by atoms with E-state index in [1.165, 1.54) is 12.1 Å². The van der Waals surface area contributed by atoms with Gasteiger partial charge in [0.05, 0.1) is 10.7 Å². The molecule has 1 aromatic carbocycles. The van der Waals surface area contributed by atoms with Crippen molar-refractivity contribution >= 4 is 39.1 Å². The molecule has 0 heterocycles. The van der Waals surface area contributed by atoms with Crippen LogP contribution in [0.1, 0.15) is 6.92 Å². The maximum Gasteiger partial charge on any atom is 0.248 e. The van der Waals surface area contributed by atoms with Gasteiger partial charge in [0, 0.05) is 10.5 Å². The van der Waals surface area contributed by atoms with Crippen LogP contribution in [0.5, 0.6) is 0 Å². The van der Waals surface area contributed by atoms with Crippen molar-refractivity contribution < 1.29 is 9.18 Å². The predicted octanol–water partition coefficient (Wildman–Crippen LogP) is 4.31. The van der Waals surface area contributed by atoms with Crippen LogP contribution in [0.2, 0.25) is 5.02 Å². The summed E-state index contributed by atoms with van der Waals surface area (Å²) < 4.78 is 13.3. The second-order valence-corrected chi connectivity index (χ2v) is 4.38. The number of hydrogen-bond donors (Lipinski definition) is 1. The number of benzene rings is 1. The van der Waals surface area contributed by atoms with E-state index in [4.69, 9.17) is 11.6 Å². The zero-order valence-corrected chi connectivity index (χ0v) is 11.3. The molecule has 0 saturated heterocycles. The van der Waals surface area contributed by atoms with E-state index >= 15 is 0 Å². The van der Waals surface area contributed by atoms with Gasteiger partial charge in [0.25, 0.3) is 0 Å². The highest BCUT2D eigenvalue weighted by molar-refractivity contribution is 9.10. The molecule has 1 N–H and O–H groups in total. The SMILES string of the molecule is CC=CC=CC(=O)Nc1c(Cl)cc(F)cc1Br. The van der Waals surface area contributed by atoms with Gasteiger partial charge >= 0.3 is 0 Å². The summed E-state index contributed by atoms with van der Waals surface area (Å²) >= 11 is 8.95. The lowest BCUT2D eigenvalue weighted by molar-refractivity contribution is -0.111. The van der Waals surface area contributed by atoms with Crippen LogP contribution in [0, 0.1) is 5.82 Å². The van der Waals surface area contributed by atoms with E-state index < -0.39 is 5.82 Å². The topological polar surface area (TPSA) is 29.1 Å². The quantitative estimate of drug-likeness (QED) is 0.653. The third kappa shape index (κ3) is 4.32. The van der Waals surface area contributed by atoms with Gasteiger partial charge in [-0.1, -0.05) is 29.8 Å². The Morgan fingerprint density at radius 1 is 1.47 bits per heavy atom. The molecule has 0 aliphatic heterocycles. The molecule has 1 aromatic rings. The first-order chi connectivity index (χ1) is 8.04. The number of carbonyl (C=O) groups excluding carboxylic acids is 1. The first-order valence-electron chi connectivity index (χ1n) is 4.79. The maximum absolute atomic E-state index is 12.9. The highest BCUT2D eigenvalue weighted by Crippen LogP contribution is 2.31. The molecule has 0 aliphatic carbocycles. The van der Waals surface area contributed by atoms with E-state index in [1.807, 2.05) is 6.92 Å². The van der Waals surface area contributed by atoms with Crippen molar-refractivity contribution in [1.29, 1.82) is 0 Å². The van der Waals surface area contributed by atoms with E-state index in [0.29, 0.717) is 10.2 Å². The van der Waals surface area contributed by atoms with E-state index in [-0.39, 0.29) is 10.9 Å². The van der Waals surface area contributed by atoms with Crippen molar-refractivity contribution in [2.45, 2.75) is 6.92 Å². The fourth-order valence-corrected chi connectivity index (χ4v) is 1.98. The molecule has 0 atom stereocenters. The molecule has 0 aliphatic rings. The number of nitrogens with one attached hydrogen (secondary N) is 1. The lowest BCUT2D eigenvalue weighted by Gasteiger charge is -2.07. The van der Waals surface area contributed by atoms with Gasteiger partial charge in [0.1, 0.15) is 5.82 Å². The van der Waals surface area contributed by atoms with Crippen LogP contribution < -0.4 is 5.32 Å². The summed E-state index contributed by atoms with van der Waals surface area (Å²) in [6, 6.07) is 2.37. The van der Waals surface area contributed by atoms with Crippen molar-refractivity contribution in [2.75, 3.05) is 5.32 Å². The van der Waals surface area contributed by atoms with Crippen molar-refractivity contribution in [3.8, 4) is 0 Å². The number of allylic oxidation sites excluding steroid dienone is 3. The molecule has 1 rings (SSSR count). The number of rotatable bonds is 3. The Labute approximate surface area is 112 Å². The van der Waals surface area contributed by atoms with Gasteiger partial charge in [-0.3, -0.25) is 4.79 Å². The van der Waals surface area contributed by atoms with Gasteiger partial charge in [-0.05, 0) is 35.0 Å². The summed E-state index contributed by atoms with van der Waals surface area (Å²) in [7, 11) is 0. The average molecular weight is 319 g/mol. The summed E-state index contributed by atoms with van der Waals surface area (Å²) in [6.45, 7) is 1.84. The Balaban J connectivity index is 2.85. The molecule has 0 bridgehead atoms. The predicted molar refractivity (Wildman–Crippen MR) is 71.7 cm³/mol. The molecule has 17 heavy (non-hydrogen) atoms. The molecular weight excluding hydrogens is 308 g/mol. The molecule has 0 saturated carbocycles. The molecular formula is C12H10BrClFNO. The zero-order chi connectivity index (χ0) is 12.8. The van der Waals surface area contributed by atoms with Gasteiger partial charge in [-0.2, -0.15) is 0 Å². The number of anilines is 1. The Kier molecular flexibility index (Phi) is 5.38. The number of halogens is 3. The minimum absolute atomic E-state index is 0.143. The molecule has 0 spiro atoms. The Bertz CT molecular complexity index is 462. The second-order valence-electron chi connectivity index (χ2n) is 3.12. The molecule has 90 valence electrons. The van der Waals surface area contributed by atoms with E-state index in [9.17, 15) is 9.18 Å². The average Bonchev–Trinajstić information content (AvgIpc) is 2.24. The fraction of sp³-hybridized carbons (Fsp3) is 0.0833. The fourth-order valence-electron chi connectivity index (χ4n) is 1.08. The molecule has 2 nitrogen and oxygen atoms in total. The van der Waals surface area contributed by atoms with Crippen LogP contribution in [0.4, 0.5) is 10.1 Å². The molecule has 0 unspecified atom stereocenters. The van der Waals surface area contributed by atoms with Crippen LogP contribution in [-0.4, -0.2) is 5.91 Å². The molecule has 5 heteroatoms. The van der Waals surface area contributed by atoms with Crippen LogP contribution >= 0.6 is 27.5 Å². The van der Waals surface area contributed by atoms with E-state index in [0.717, 1.165) is 6.07 Å². The smallest absolute Gasteiger partial charge is 0.248 e. The highest BCUT2D eigenvalue weighted by Gasteiger charge is 2.09. The van der Waals surface area contributed by atoms with Gasteiger partial charge in [-0.15, -0.1) is 0 Å². The van der Waals surface area contributed by atoms with Crippen molar-refractivity contribution in [3.05, 3.63) is 51.7 Å². The summed E-state index contributed by atoms with van der Waals surface area (Å²) in [5.74, 6) is -0.804. The standard InChI is InChI=1S/C12H10BrClFNO/c1-2-3-4-5-11(17)16-12-9(13)6-8(15)7-10(12)14/h2-7H,1H3,(H,16,17). The summed E-state index contributed by atoms with van der Waals surface area (Å²) in [5.41, 5.74) is 0.350. The first-order valence-corrected chi connectivity index (χ1v) is 5.96. The largest absolute Gasteiger partial charge is 0.320 e. The van der Waals surface area contributed by atoms with Crippen LogP contribution in [0.25, 0.3) is 0 Å². The molecule has 0 fully saturated rings. The normalized spacial score (nSPS) is 11.3. The minimum atomic E-state index is -0.468. The summed E-state index contributed by atoms with van der Waals surface area (Å²) in [5, 5.41) is 2.70. The Morgan fingerprint density at radius 2 is 2.18 bits per heavy atom. The third-order valence-corrected chi connectivity index (χ3v) is 2.73. The summed E-state index contributed by atoms with van der Waals surface area (Å²) in [4.78, 5) is 11.5. The summed E-state index contributed by atoms with van der Waals surface area (Å²) in [6.07, 6.45) is 6.47. The Hall–Kier alpha value is -1.13. The van der Waals surface area contributed by atoms with Crippen LogP contribution in [0.15, 0.2) is 40.9 Å². The lowest BCUT2D eigenvalue weighted by Crippen LogP contribution is -2.09. The molecule has 0 aromatic heterocycles. The number of amides is 1. The zero-order valence-electron chi connectivity index (χ0n) is 9.01. The highest BCUT2D eigenvalue weighted by atomic mass is 79.9. The first kappa shape index (κ1) is 13.9. The van der Waals surface area contributed by atoms with E-state index in [1.54, 1.807) is 18.2 Å². The lowest BCUT2D eigenvalue weighted by atomic mass is 10.3. The van der Waals surface area contributed by atoms with Crippen molar-refractivity contribution in [1.82, 2.24) is 0 Å². The van der Waals surface area contributed by atoms with Gasteiger partial charge in [0.2, 0.25) is 5.91 Å². The molecule has 0 radical (unpaired) electrons. The van der Waals surface area contributed by atoms with Gasteiger partial charge < -0.3 is 5.32 Å². The molecule has 1 amide bonds. The third-order valence-electron chi connectivity index (χ3n) is 1.81. The Morgan fingerprint density at radius 3 is 2.76 bits per heavy atom. The van der Waals surface area contributed by atoms with Gasteiger partial charge in [0.15, 0.2) is 0 Å². The minimum Gasteiger partial charge on any atom is -0.320 e. The number of carbonyl (C=O) groups is 1. The van der Waals surface area contributed by atoms with Gasteiger partial charge in [-0.25, -0.2) is 4.39 Å². The second kappa shape index (κ2) is 6.57. The van der Waals surface area contributed by atoms with Crippen molar-refractivity contribution in [3.63, 3.8) is 0 Å². The van der Waals surface area contributed by atoms with E-state index in [2.05, 4.69) is 21.2 Å². The monoisotopic (exact) mass is 317 g/mol.